The first kappa shape index (κ1) is 23.6. The van der Waals surface area contributed by atoms with Crippen molar-refractivity contribution in [3.63, 3.8) is 0 Å². The predicted molar refractivity (Wildman–Crippen MR) is 114 cm³/mol. The van der Waals surface area contributed by atoms with Crippen LogP contribution in [-0.2, 0) is 19.9 Å². The minimum absolute atomic E-state index is 0.0420. The molecule has 2 atom stereocenters. The van der Waals surface area contributed by atoms with E-state index < -0.39 is 50.4 Å². The molecule has 2 aromatic carbocycles. The summed E-state index contributed by atoms with van der Waals surface area (Å²) in [5.41, 5.74) is -1.98. The lowest BCUT2D eigenvalue weighted by molar-refractivity contribution is 0.00159. The van der Waals surface area contributed by atoms with E-state index in [0.717, 1.165) is 4.31 Å². The molecule has 0 amide bonds. The number of β-amino-alcohol motifs (C(OH)–C–C–N with tert-alkyl or cyclic N) is 1. The molecule has 1 unspecified atom stereocenters. The first-order valence-corrected chi connectivity index (χ1v) is 12.7. The summed E-state index contributed by atoms with van der Waals surface area (Å²) in [6, 6.07) is 11.2. The molecule has 0 spiro atoms. The molecule has 166 valence electrons. The molecule has 0 bridgehead atoms. The zero-order chi connectivity index (χ0) is 23.0. The van der Waals surface area contributed by atoms with Crippen molar-refractivity contribution in [1.82, 2.24) is 4.31 Å². The fraction of sp³-hybridized carbons (Fsp3) is 0.316. The molecule has 1 aliphatic heterocycles. The van der Waals surface area contributed by atoms with Crippen LogP contribution in [0.4, 0.5) is 0 Å². The van der Waals surface area contributed by atoms with Gasteiger partial charge < -0.3 is 14.9 Å². The molecule has 2 N–H and O–H groups in total. The second-order valence-electron chi connectivity index (χ2n) is 7.02. The zero-order valence-corrected chi connectivity index (χ0v) is 19.5. The number of benzene rings is 2. The van der Waals surface area contributed by atoms with Gasteiger partial charge in [0.05, 0.1) is 30.2 Å². The van der Waals surface area contributed by atoms with Crippen molar-refractivity contribution in [3.8, 4) is 11.8 Å². The van der Waals surface area contributed by atoms with Crippen LogP contribution >= 0.6 is 15.9 Å². The van der Waals surface area contributed by atoms with E-state index in [2.05, 4.69) is 15.9 Å². The Morgan fingerprint density at radius 1 is 1.23 bits per heavy atom. The summed E-state index contributed by atoms with van der Waals surface area (Å²) in [4.78, 5) is -0.390. The average Bonchev–Trinajstić information content (AvgIpc) is 3.13. The number of aliphatic hydroxyl groups is 2. The van der Waals surface area contributed by atoms with Gasteiger partial charge in [-0.25, -0.2) is 16.8 Å². The van der Waals surface area contributed by atoms with Gasteiger partial charge >= 0.3 is 0 Å². The second kappa shape index (κ2) is 8.50. The number of halogens is 1. The van der Waals surface area contributed by atoms with Crippen LogP contribution < -0.4 is 4.74 Å². The highest BCUT2D eigenvalue weighted by atomic mass is 79.9. The van der Waals surface area contributed by atoms with E-state index in [1.165, 1.54) is 49.6 Å². The molecule has 0 aliphatic carbocycles. The highest BCUT2D eigenvalue weighted by molar-refractivity contribution is 9.10. The third-order valence-corrected chi connectivity index (χ3v) is 9.73. The molecule has 1 saturated heterocycles. The third kappa shape index (κ3) is 4.21. The maximum absolute atomic E-state index is 13.2. The monoisotopic (exact) mass is 530 g/mol. The van der Waals surface area contributed by atoms with Gasteiger partial charge in [-0.2, -0.15) is 9.57 Å². The lowest BCUT2D eigenvalue weighted by Crippen LogP contribution is -2.49. The number of methoxy groups -OCH3 is 1. The van der Waals surface area contributed by atoms with Crippen molar-refractivity contribution in [2.24, 2.45) is 0 Å². The first-order chi connectivity index (χ1) is 14.5. The maximum atomic E-state index is 13.2. The molecule has 0 saturated carbocycles. The molecule has 1 fully saturated rings. The van der Waals surface area contributed by atoms with E-state index in [1.807, 2.05) is 6.07 Å². The van der Waals surface area contributed by atoms with Crippen LogP contribution in [0, 0.1) is 11.3 Å². The highest BCUT2D eigenvalue weighted by Crippen LogP contribution is 2.37. The lowest BCUT2D eigenvalue weighted by atomic mass is 10.1. The molecule has 0 aromatic heterocycles. The normalized spacial score (nSPS) is 22.2. The van der Waals surface area contributed by atoms with E-state index in [9.17, 15) is 27.0 Å². The van der Waals surface area contributed by atoms with Crippen LogP contribution in [-0.4, -0.2) is 69.0 Å². The number of rotatable bonds is 6. The molecule has 0 radical (unpaired) electrons. The first-order valence-electron chi connectivity index (χ1n) is 8.90. The molecule has 9 nitrogen and oxygen atoms in total. The minimum Gasteiger partial charge on any atom is -0.495 e. The highest BCUT2D eigenvalue weighted by Gasteiger charge is 2.55. The van der Waals surface area contributed by atoms with Gasteiger partial charge in [-0.15, -0.1) is 0 Å². The molecular weight excluding hydrogens is 512 g/mol. The number of aliphatic hydroxyl groups excluding tert-OH is 1. The van der Waals surface area contributed by atoms with Gasteiger partial charge in [0.1, 0.15) is 21.5 Å². The van der Waals surface area contributed by atoms with Crippen molar-refractivity contribution in [2.45, 2.75) is 20.6 Å². The summed E-state index contributed by atoms with van der Waals surface area (Å²) in [5, 5.41) is 27.9. The van der Waals surface area contributed by atoms with Crippen LogP contribution in [0.15, 0.2) is 56.7 Å². The topological polar surface area (TPSA) is 145 Å². The Labute approximate surface area is 188 Å². The Morgan fingerprint density at radius 2 is 1.87 bits per heavy atom. The van der Waals surface area contributed by atoms with E-state index in [1.54, 1.807) is 0 Å². The van der Waals surface area contributed by atoms with Gasteiger partial charge in [-0.1, -0.05) is 15.9 Å². The Hall–Kier alpha value is -2.01. The fourth-order valence-corrected chi connectivity index (χ4v) is 7.46. The van der Waals surface area contributed by atoms with Crippen molar-refractivity contribution >= 4 is 35.8 Å². The number of sulfonamides is 1. The largest absolute Gasteiger partial charge is 0.495 e. The summed E-state index contributed by atoms with van der Waals surface area (Å²) in [7, 11) is -7.20. The minimum atomic E-state index is -4.26. The summed E-state index contributed by atoms with van der Waals surface area (Å²) in [6.07, 6.45) is 0. The Balaban J connectivity index is 2.03. The predicted octanol–water partition coefficient (Wildman–Crippen LogP) is 0.900. The molecule has 2 aromatic rings. The number of nitrogens with zero attached hydrogens (tertiary/aromatic N) is 2. The molecule has 1 heterocycles. The number of nitriles is 1. The van der Waals surface area contributed by atoms with Gasteiger partial charge in [0, 0.05) is 17.6 Å². The van der Waals surface area contributed by atoms with E-state index in [-0.39, 0.29) is 21.1 Å². The number of ether oxygens (including phenoxy) is 1. The van der Waals surface area contributed by atoms with Gasteiger partial charge in [0.15, 0.2) is 9.84 Å². The van der Waals surface area contributed by atoms with E-state index in [4.69, 9.17) is 10.00 Å². The van der Waals surface area contributed by atoms with E-state index >= 15 is 0 Å². The third-order valence-electron chi connectivity index (χ3n) is 5.12. The fourth-order valence-electron chi connectivity index (χ4n) is 3.43. The summed E-state index contributed by atoms with van der Waals surface area (Å²) in [6.45, 7) is -2.15. The van der Waals surface area contributed by atoms with Crippen molar-refractivity contribution in [2.75, 3.05) is 26.8 Å². The number of hydrogen-bond acceptors (Lipinski definition) is 8. The number of hydrogen-bond donors (Lipinski definition) is 2. The van der Waals surface area contributed by atoms with Gasteiger partial charge in [-0.3, -0.25) is 0 Å². The van der Waals surface area contributed by atoms with Crippen molar-refractivity contribution in [3.05, 3.63) is 52.5 Å². The van der Waals surface area contributed by atoms with Gasteiger partial charge in [-0.05, 0) is 42.5 Å². The lowest BCUT2D eigenvalue weighted by Gasteiger charge is -2.26. The summed E-state index contributed by atoms with van der Waals surface area (Å²) in [5.74, 6) is 0.0420. The smallest absolute Gasteiger partial charge is 0.246 e. The van der Waals surface area contributed by atoms with Gasteiger partial charge in [0.2, 0.25) is 10.0 Å². The van der Waals surface area contributed by atoms with Crippen LogP contribution in [0.2, 0.25) is 0 Å². The molecule has 1 aliphatic rings. The second-order valence-corrected chi connectivity index (χ2v) is 12.0. The molecule has 3 rings (SSSR count). The number of sulfone groups is 1. The Morgan fingerprint density at radius 3 is 2.42 bits per heavy atom. The Bertz CT molecular complexity index is 1240. The summed E-state index contributed by atoms with van der Waals surface area (Å²) < 4.78 is 59.4. The maximum Gasteiger partial charge on any atom is 0.246 e. The van der Waals surface area contributed by atoms with Crippen LogP contribution in [0.25, 0.3) is 0 Å². The van der Waals surface area contributed by atoms with Crippen LogP contribution in [0.5, 0.6) is 5.75 Å². The SMILES string of the molecule is COc1cc(Br)ccc1S(=O)(=O)N1CC(S(=O)(=O)c2ccc(C#N)cc2)[C@](O)(CO)C1. The quantitative estimate of drug-likeness (QED) is 0.560. The Kier molecular flexibility index (Phi) is 6.48. The zero-order valence-electron chi connectivity index (χ0n) is 16.3. The van der Waals surface area contributed by atoms with Gasteiger partial charge in [0.25, 0.3) is 0 Å². The summed E-state index contributed by atoms with van der Waals surface area (Å²) >= 11 is 3.23. The standard InChI is InChI=1S/C19H19BrN2O7S2/c1-29-16-8-14(20)4-7-17(16)31(27,28)22-10-18(19(24,11-22)12-23)30(25,26)15-5-2-13(9-21)3-6-15/h2-8,18,23-24H,10-12H2,1H3/t18?,19-/m1/s1. The molecule has 12 heteroatoms. The van der Waals surface area contributed by atoms with Crippen molar-refractivity contribution < 1.29 is 31.8 Å². The van der Waals surface area contributed by atoms with Crippen LogP contribution in [0.3, 0.4) is 0 Å². The van der Waals surface area contributed by atoms with Crippen molar-refractivity contribution in [1.29, 1.82) is 5.26 Å². The van der Waals surface area contributed by atoms with Crippen LogP contribution in [0.1, 0.15) is 5.56 Å². The molecular formula is C19H19BrN2O7S2. The molecule has 31 heavy (non-hydrogen) atoms. The van der Waals surface area contributed by atoms with E-state index in [0.29, 0.717) is 4.47 Å². The average molecular weight is 531 g/mol.